The van der Waals surface area contributed by atoms with Gasteiger partial charge in [-0.05, 0) is 12.1 Å². The zero-order chi connectivity index (χ0) is 14.5. The van der Waals surface area contributed by atoms with E-state index in [0.29, 0.717) is 0 Å². The summed E-state index contributed by atoms with van der Waals surface area (Å²) in [5.74, 6) is 0. The maximum atomic E-state index is 13.3. The third kappa shape index (κ3) is 2.14. The van der Waals surface area contributed by atoms with Crippen molar-refractivity contribution < 1.29 is 13.2 Å². The highest BCUT2D eigenvalue weighted by molar-refractivity contribution is 6.31. The fourth-order valence-electron chi connectivity index (χ4n) is 1.96. The predicted octanol–water partition coefficient (Wildman–Crippen LogP) is 4.50. The molecule has 3 heterocycles. The minimum Gasteiger partial charge on any atom is -0.235 e. The molecule has 0 saturated heterocycles. The van der Waals surface area contributed by atoms with Crippen molar-refractivity contribution in [3.8, 4) is 0 Å². The van der Waals surface area contributed by atoms with Gasteiger partial charge in [-0.15, -0.1) is 0 Å². The topological polar surface area (TPSA) is 38.7 Å². The SMILES string of the molecule is FC(F)(F)c1c2cc(Cl)cnc2nc2ncc(Cl)cc12. The average molecular weight is 318 g/mol. The summed E-state index contributed by atoms with van der Waals surface area (Å²) in [6.45, 7) is 0. The molecule has 0 spiro atoms. The van der Waals surface area contributed by atoms with Gasteiger partial charge >= 0.3 is 6.18 Å². The number of hydrogen-bond acceptors (Lipinski definition) is 3. The highest BCUT2D eigenvalue weighted by atomic mass is 35.5. The molecule has 0 aliphatic carbocycles. The van der Waals surface area contributed by atoms with Crippen molar-refractivity contribution >= 4 is 45.3 Å². The lowest BCUT2D eigenvalue weighted by Gasteiger charge is -2.13. The molecule has 0 aliphatic heterocycles. The molecule has 0 saturated carbocycles. The second kappa shape index (κ2) is 4.43. The van der Waals surface area contributed by atoms with E-state index in [1.54, 1.807) is 0 Å². The van der Waals surface area contributed by atoms with Gasteiger partial charge in [-0.1, -0.05) is 23.2 Å². The fourth-order valence-corrected chi connectivity index (χ4v) is 2.28. The van der Waals surface area contributed by atoms with E-state index in [0.717, 1.165) is 0 Å². The van der Waals surface area contributed by atoms with Gasteiger partial charge in [0.15, 0.2) is 11.3 Å². The largest absolute Gasteiger partial charge is 0.417 e. The van der Waals surface area contributed by atoms with Gasteiger partial charge in [-0.3, -0.25) is 0 Å². The number of nitrogens with zero attached hydrogens (tertiary/aromatic N) is 3. The van der Waals surface area contributed by atoms with E-state index in [-0.39, 0.29) is 32.1 Å². The van der Waals surface area contributed by atoms with E-state index >= 15 is 0 Å². The number of alkyl halides is 3. The summed E-state index contributed by atoms with van der Waals surface area (Å²) in [6, 6.07) is 2.36. The lowest BCUT2D eigenvalue weighted by atomic mass is 10.1. The molecule has 0 aliphatic rings. The quantitative estimate of drug-likeness (QED) is 0.573. The molecule has 8 heteroatoms. The monoisotopic (exact) mass is 317 g/mol. The van der Waals surface area contributed by atoms with E-state index in [2.05, 4.69) is 15.0 Å². The van der Waals surface area contributed by atoms with Crippen molar-refractivity contribution in [1.82, 2.24) is 15.0 Å². The molecule has 102 valence electrons. The van der Waals surface area contributed by atoms with Crippen LogP contribution in [0.25, 0.3) is 22.1 Å². The van der Waals surface area contributed by atoms with Crippen molar-refractivity contribution in [2.75, 3.05) is 0 Å². The van der Waals surface area contributed by atoms with Gasteiger partial charge in [0.05, 0.1) is 15.6 Å². The molecule has 0 unspecified atom stereocenters. The second-order valence-electron chi connectivity index (χ2n) is 4.03. The van der Waals surface area contributed by atoms with Gasteiger partial charge in [-0.25, -0.2) is 15.0 Å². The van der Waals surface area contributed by atoms with Crippen molar-refractivity contribution in [3.05, 3.63) is 40.1 Å². The van der Waals surface area contributed by atoms with Crippen LogP contribution >= 0.6 is 23.2 Å². The lowest BCUT2D eigenvalue weighted by molar-refractivity contribution is -0.135. The van der Waals surface area contributed by atoms with Crippen LogP contribution in [0.3, 0.4) is 0 Å². The molecule has 3 nitrogen and oxygen atoms in total. The Morgan fingerprint density at radius 3 is 1.70 bits per heavy atom. The summed E-state index contributed by atoms with van der Waals surface area (Å²) >= 11 is 11.4. The lowest BCUT2D eigenvalue weighted by Crippen LogP contribution is -2.09. The zero-order valence-electron chi connectivity index (χ0n) is 9.54. The number of aromatic nitrogens is 3. The third-order valence-electron chi connectivity index (χ3n) is 2.70. The molecule has 0 atom stereocenters. The predicted molar refractivity (Wildman–Crippen MR) is 69.9 cm³/mol. The van der Waals surface area contributed by atoms with E-state index in [1.807, 2.05) is 0 Å². The highest BCUT2D eigenvalue weighted by Crippen LogP contribution is 2.39. The fraction of sp³-hybridized carbons (Fsp3) is 0.0833. The number of hydrogen-bond donors (Lipinski definition) is 0. The van der Waals surface area contributed by atoms with Gasteiger partial charge in [0.2, 0.25) is 0 Å². The summed E-state index contributed by atoms with van der Waals surface area (Å²) in [7, 11) is 0. The van der Waals surface area contributed by atoms with Gasteiger partial charge in [0.1, 0.15) is 0 Å². The molecule has 3 aromatic rings. The Kier molecular flexibility index (Phi) is 2.95. The van der Waals surface area contributed by atoms with E-state index in [4.69, 9.17) is 23.2 Å². The maximum Gasteiger partial charge on any atom is 0.417 e. The van der Waals surface area contributed by atoms with Crippen LogP contribution in [0.2, 0.25) is 10.0 Å². The second-order valence-corrected chi connectivity index (χ2v) is 4.91. The van der Waals surface area contributed by atoms with Crippen LogP contribution in [0.1, 0.15) is 5.56 Å². The number of fused-ring (bicyclic) bond motifs is 2. The number of rotatable bonds is 0. The molecular formula is C12H4Cl2F3N3. The Bertz CT molecular complexity index is 773. The van der Waals surface area contributed by atoms with Gasteiger partial charge < -0.3 is 0 Å². The third-order valence-corrected chi connectivity index (χ3v) is 3.11. The molecule has 3 aromatic heterocycles. The van der Waals surface area contributed by atoms with Crippen molar-refractivity contribution in [2.45, 2.75) is 6.18 Å². The summed E-state index contributed by atoms with van der Waals surface area (Å²) < 4.78 is 40.0. The minimum absolute atomic E-state index is 0.0657. The van der Waals surface area contributed by atoms with Crippen LogP contribution in [-0.2, 0) is 6.18 Å². The van der Waals surface area contributed by atoms with E-state index in [1.165, 1.54) is 24.5 Å². The molecule has 0 amide bonds. The van der Waals surface area contributed by atoms with Gasteiger partial charge in [-0.2, -0.15) is 13.2 Å². The first-order valence-electron chi connectivity index (χ1n) is 5.34. The Balaban J connectivity index is 2.58. The highest BCUT2D eigenvalue weighted by Gasteiger charge is 2.36. The Labute approximate surface area is 120 Å². The molecule has 0 bridgehead atoms. The normalized spacial score (nSPS) is 12.2. The summed E-state index contributed by atoms with van der Waals surface area (Å²) in [4.78, 5) is 11.6. The van der Waals surface area contributed by atoms with Gasteiger partial charge in [0.25, 0.3) is 0 Å². The van der Waals surface area contributed by atoms with E-state index < -0.39 is 11.7 Å². The molecule has 0 fully saturated rings. The van der Waals surface area contributed by atoms with Crippen LogP contribution in [-0.4, -0.2) is 15.0 Å². The molecule has 0 N–H and O–H groups in total. The smallest absolute Gasteiger partial charge is 0.235 e. The van der Waals surface area contributed by atoms with Crippen LogP contribution in [0.15, 0.2) is 24.5 Å². The maximum absolute atomic E-state index is 13.3. The van der Waals surface area contributed by atoms with Crippen molar-refractivity contribution in [2.24, 2.45) is 0 Å². The molecule has 0 radical (unpaired) electrons. The van der Waals surface area contributed by atoms with Crippen LogP contribution < -0.4 is 0 Å². The van der Waals surface area contributed by atoms with Crippen molar-refractivity contribution in [1.29, 1.82) is 0 Å². The average Bonchev–Trinajstić information content (AvgIpc) is 2.34. The summed E-state index contributed by atoms with van der Waals surface area (Å²) in [5.41, 5.74) is -1.02. The van der Waals surface area contributed by atoms with Gasteiger partial charge in [0, 0.05) is 23.2 Å². The molecule has 20 heavy (non-hydrogen) atoms. The summed E-state index contributed by atoms with van der Waals surface area (Å²) in [5, 5.41) is -0.165. The molecular weight excluding hydrogens is 314 g/mol. The van der Waals surface area contributed by atoms with Crippen LogP contribution in [0.4, 0.5) is 13.2 Å². The Morgan fingerprint density at radius 2 is 1.30 bits per heavy atom. The molecule has 3 rings (SSSR count). The van der Waals surface area contributed by atoms with Crippen molar-refractivity contribution in [3.63, 3.8) is 0 Å². The number of halogens is 5. The van der Waals surface area contributed by atoms with Crippen LogP contribution in [0.5, 0.6) is 0 Å². The standard InChI is InChI=1S/C12H4Cl2F3N3/c13-5-1-7-9(12(15,16)17)8-2-6(14)4-19-11(8)20-10(7)18-3-5/h1-4H. The summed E-state index contributed by atoms with van der Waals surface area (Å²) in [6.07, 6.45) is -2.13. The minimum atomic E-state index is -4.60. The zero-order valence-corrected chi connectivity index (χ0v) is 11.1. The first-order valence-corrected chi connectivity index (χ1v) is 6.09. The Hall–Kier alpha value is -1.66. The first-order chi connectivity index (χ1) is 9.36. The first kappa shape index (κ1) is 13.3. The number of pyridine rings is 3. The Morgan fingerprint density at radius 1 is 0.850 bits per heavy atom. The van der Waals surface area contributed by atoms with E-state index in [9.17, 15) is 13.2 Å². The van der Waals surface area contributed by atoms with Crippen LogP contribution in [0, 0.1) is 0 Å². The molecule has 0 aromatic carbocycles.